The zero-order chi connectivity index (χ0) is 34.9. The van der Waals surface area contributed by atoms with Crippen LogP contribution < -0.4 is 11.3 Å². The van der Waals surface area contributed by atoms with E-state index in [4.69, 9.17) is 8.83 Å². The summed E-state index contributed by atoms with van der Waals surface area (Å²) in [7, 11) is 0. The number of hydrogen-bond donors (Lipinski definition) is 0. The van der Waals surface area contributed by atoms with Gasteiger partial charge in [-0.3, -0.25) is 0 Å². The molecule has 0 aliphatic heterocycles. The highest BCUT2D eigenvalue weighted by molar-refractivity contribution is 6.07. The summed E-state index contributed by atoms with van der Waals surface area (Å²) in [5.41, 5.74) is 7.65. The van der Waals surface area contributed by atoms with Crippen LogP contribution in [0.15, 0.2) is 140 Å². The third-order valence-electron chi connectivity index (χ3n) is 9.92. The molecule has 0 bridgehead atoms. The first kappa shape index (κ1) is 31.5. The topological polar surface area (TPSA) is 60.4 Å². The molecule has 4 nitrogen and oxygen atoms in total. The molecule has 8 rings (SSSR count). The Kier molecular flexibility index (Phi) is 7.20. The lowest BCUT2D eigenvalue weighted by molar-refractivity contribution is 0.563. The van der Waals surface area contributed by atoms with Gasteiger partial charge in [0.1, 0.15) is 11.2 Å². The smallest absolute Gasteiger partial charge is 0.344 e. The predicted octanol–water partition coefficient (Wildman–Crippen LogP) is 11.8. The fourth-order valence-corrected chi connectivity index (χ4v) is 6.88. The van der Waals surface area contributed by atoms with Crippen LogP contribution in [0.5, 0.6) is 0 Å². The fourth-order valence-electron chi connectivity index (χ4n) is 6.88. The van der Waals surface area contributed by atoms with Crippen LogP contribution in [0.4, 0.5) is 0 Å². The van der Waals surface area contributed by atoms with E-state index in [-0.39, 0.29) is 22.1 Å². The minimum Gasteiger partial charge on any atom is -0.422 e. The molecule has 0 amide bonds. The van der Waals surface area contributed by atoms with Crippen LogP contribution in [0, 0.1) is 0 Å². The molecule has 0 saturated carbocycles. The summed E-state index contributed by atoms with van der Waals surface area (Å²) in [4.78, 5) is 26.2. The van der Waals surface area contributed by atoms with Crippen molar-refractivity contribution in [1.29, 1.82) is 0 Å². The lowest BCUT2D eigenvalue weighted by Crippen LogP contribution is -2.10. The van der Waals surface area contributed by atoms with E-state index in [1.54, 1.807) is 0 Å². The SMILES string of the molecule is CC(C)(C)c1ccc2c(ccc3oc(=O)c(-c4ccc(-c5ccc(-c6cc7c(ccc8cc(C(C)(C)C)ccc87)oc6=O)cc5)cc4)cc32)c1. The van der Waals surface area contributed by atoms with E-state index >= 15 is 0 Å². The molecule has 0 aliphatic rings. The van der Waals surface area contributed by atoms with E-state index in [0.29, 0.717) is 22.3 Å². The first-order valence-electron chi connectivity index (χ1n) is 17.1. The zero-order valence-corrected chi connectivity index (χ0v) is 29.2. The number of fused-ring (bicyclic) bond motifs is 6. The highest BCUT2D eigenvalue weighted by Gasteiger charge is 2.18. The van der Waals surface area contributed by atoms with E-state index in [9.17, 15) is 9.59 Å². The maximum absolute atomic E-state index is 13.1. The van der Waals surface area contributed by atoms with Crippen LogP contribution in [0.25, 0.3) is 76.9 Å². The molecular formula is C46H38O4. The van der Waals surface area contributed by atoms with Crippen molar-refractivity contribution in [3.8, 4) is 33.4 Å². The Balaban J connectivity index is 1.11. The lowest BCUT2D eigenvalue weighted by atomic mass is 9.85. The van der Waals surface area contributed by atoms with Crippen molar-refractivity contribution >= 4 is 43.5 Å². The molecule has 0 saturated heterocycles. The molecule has 0 N–H and O–H groups in total. The lowest BCUT2D eigenvalue weighted by Gasteiger charge is -2.19. The predicted molar refractivity (Wildman–Crippen MR) is 207 cm³/mol. The molecule has 0 aliphatic carbocycles. The molecule has 0 fully saturated rings. The van der Waals surface area contributed by atoms with Crippen LogP contribution in [0.2, 0.25) is 0 Å². The maximum atomic E-state index is 13.1. The number of rotatable bonds is 3. The van der Waals surface area contributed by atoms with Crippen molar-refractivity contribution in [2.45, 2.75) is 52.4 Å². The summed E-state index contributed by atoms with van der Waals surface area (Å²) >= 11 is 0. The number of benzene rings is 6. The van der Waals surface area contributed by atoms with E-state index in [0.717, 1.165) is 54.6 Å². The molecule has 0 unspecified atom stereocenters. The van der Waals surface area contributed by atoms with Crippen molar-refractivity contribution in [3.05, 3.63) is 153 Å². The van der Waals surface area contributed by atoms with E-state index < -0.39 is 0 Å². The van der Waals surface area contributed by atoms with Crippen molar-refractivity contribution in [2.75, 3.05) is 0 Å². The Morgan fingerprint density at radius 1 is 0.380 bits per heavy atom. The second-order valence-corrected chi connectivity index (χ2v) is 15.4. The summed E-state index contributed by atoms with van der Waals surface area (Å²) in [6.07, 6.45) is 0. The molecule has 4 heteroatoms. The molecule has 0 radical (unpaired) electrons. The van der Waals surface area contributed by atoms with Gasteiger partial charge in [-0.25, -0.2) is 9.59 Å². The molecule has 0 spiro atoms. The van der Waals surface area contributed by atoms with Gasteiger partial charge in [0, 0.05) is 10.8 Å². The van der Waals surface area contributed by atoms with Gasteiger partial charge in [0.25, 0.3) is 0 Å². The van der Waals surface area contributed by atoms with E-state index in [1.807, 2.05) is 84.9 Å². The monoisotopic (exact) mass is 654 g/mol. The standard InChI is InChI=1S/C46H38O4/c1-45(2,3)33-17-19-35-31(23-33)15-21-41-39(35)25-37(43(47)49-41)29-11-7-27(8-12-29)28-9-13-30(14-10-28)38-26-40-36-20-18-34(46(4,5)6)24-32(36)16-22-42(40)50-44(38)48/h7-26H,1-6H3. The van der Waals surface area contributed by atoms with Crippen molar-refractivity contribution in [3.63, 3.8) is 0 Å². The van der Waals surface area contributed by atoms with Crippen LogP contribution in [0.3, 0.4) is 0 Å². The molecule has 0 atom stereocenters. The normalized spacial score (nSPS) is 12.4. The second-order valence-electron chi connectivity index (χ2n) is 15.4. The van der Waals surface area contributed by atoms with Gasteiger partial charge in [0.05, 0.1) is 11.1 Å². The Morgan fingerprint density at radius 3 is 1.10 bits per heavy atom. The maximum Gasteiger partial charge on any atom is 0.344 e. The highest BCUT2D eigenvalue weighted by atomic mass is 16.4. The Hall–Kier alpha value is -5.74. The molecular weight excluding hydrogens is 617 g/mol. The van der Waals surface area contributed by atoms with Crippen molar-refractivity contribution in [2.24, 2.45) is 0 Å². The summed E-state index contributed by atoms with van der Waals surface area (Å²) in [5, 5.41) is 6.18. The first-order chi connectivity index (χ1) is 23.8. The third-order valence-corrected chi connectivity index (χ3v) is 9.92. The van der Waals surface area contributed by atoms with Crippen LogP contribution >= 0.6 is 0 Å². The van der Waals surface area contributed by atoms with Crippen molar-refractivity contribution < 1.29 is 8.83 Å². The minimum absolute atomic E-state index is 0.0389. The molecule has 8 aromatic rings. The van der Waals surface area contributed by atoms with Gasteiger partial charge in [-0.05, 0) is 90.0 Å². The largest absolute Gasteiger partial charge is 0.422 e. The Bertz CT molecular complexity index is 2540. The van der Waals surface area contributed by atoms with Crippen LogP contribution in [-0.4, -0.2) is 0 Å². The second kappa shape index (κ2) is 11.4. The average molecular weight is 655 g/mol. The molecule has 2 heterocycles. The van der Waals surface area contributed by atoms with Gasteiger partial charge >= 0.3 is 11.3 Å². The van der Waals surface area contributed by atoms with E-state index in [2.05, 4.69) is 77.9 Å². The minimum atomic E-state index is -0.364. The average Bonchev–Trinajstić information content (AvgIpc) is 3.10. The Labute approximate surface area is 290 Å². The van der Waals surface area contributed by atoms with Gasteiger partial charge in [0.2, 0.25) is 0 Å². The quantitative estimate of drug-likeness (QED) is 0.140. The summed E-state index contributed by atoms with van der Waals surface area (Å²) < 4.78 is 11.6. The van der Waals surface area contributed by atoms with Gasteiger partial charge in [-0.15, -0.1) is 0 Å². The van der Waals surface area contributed by atoms with E-state index in [1.165, 1.54) is 11.1 Å². The fraction of sp³-hybridized carbons (Fsp3) is 0.174. The molecule has 50 heavy (non-hydrogen) atoms. The molecule has 2 aromatic heterocycles. The highest BCUT2D eigenvalue weighted by Crippen LogP contribution is 2.34. The third kappa shape index (κ3) is 5.51. The first-order valence-corrected chi connectivity index (χ1v) is 17.1. The summed E-state index contributed by atoms with van der Waals surface area (Å²) in [6, 6.07) is 40.6. The van der Waals surface area contributed by atoms with Crippen LogP contribution in [-0.2, 0) is 10.8 Å². The zero-order valence-electron chi connectivity index (χ0n) is 29.2. The van der Waals surface area contributed by atoms with Crippen LogP contribution in [0.1, 0.15) is 52.7 Å². The number of hydrogen-bond acceptors (Lipinski definition) is 4. The van der Waals surface area contributed by atoms with Gasteiger partial charge in [0.15, 0.2) is 0 Å². The Morgan fingerprint density at radius 2 is 0.740 bits per heavy atom. The molecule has 246 valence electrons. The molecule has 6 aromatic carbocycles. The summed E-state index contributed by atoms with van der Waals surface area (Å²) in [6.45, 7) is 13.2. The van der Waals surface area contributed by atoms with Gasteiger partial charge < -0.3 is 8.83 Å². The summed E-state index contributed by atoms with van der Waals surface area (Å²) in [5.74, 6) is 0. The van der Waals surface area contributed by atoms with Crippen molar-refractivity contribution in [1.82, 2.24) is 0 Å². The van der Waals surface area contributed by atoms with Gasteiger partial charge in [-0.1, -0.05) is 139 Å². The van der Waals surface area contributed by atoms with Gasteiger partial charge in [-0.2, -0.15) is 0 Å².